The largest absolute Gasteiger partial charge is 0.497 e. The zero-order chi connectivity index (χ0) is 14.4. The van der Waals surface area contributed by atoms with Crippen molar-refractivity contribution in [2.45, 2.75) is 38.0 Å². The maximum Gasteiger partial charge on any atom is 0.342 e. The molecule has 21 heavy (non-hydrogen) atoms. The number of carbonyl (C=O) groups excluding carboxylic acids is 1. The molecule has 1 aromatic rings. The van der Waals surface area contributed by atoms with Gasteiger partial charge in [-0.25, -0.2) is 4.79 Å². The Balaban J connectivity index is 1.47. The molecule has 5 nitrogen and oxygen atoms in total. The summed E-state index contributed by atoms with van der Waals surface area (Å²) in [7, 11) is 1.61. The van der Waals surface area contributed by atoms with Crippen LogP contribution < -0.4 is 9.47 Å². The zero-order valence-corrected chi connectivity index (χ0v) is 12.1. The number of ether oxygens (including phenoxy) is 3. The third-order valence-electron chi connectivity index (χ3n) is 4.69. The highest BCUT2D eigenvalue weighted by atomic mass is 16.5. The highest BCUT2D eigenvalue weighted by molar-refractivity contribution is 5.96. The van der Waals surface area contributed by atoms with Gasteiger partial charge in [0.1, 0.15) is 30.3 Å². The predicted molar refractivity (Wildman–Crippen MR) is 75.7 cm³/mol. The Morgan fingerprint density at radius 3 is 2.95 bits per heavy atom. The number of hydrogen-bond acceptors (Lipinski definition) is 5. The van der Waals surface area contributed by atoms with Gasteiger partial charge >= 0.3 is 5.97 Å². The van der Waals surface area contributed by atoms with E-state index in [0.29, 0.717) is 36.3 Å². The van der Waals surface area contributed by atoms with Gasteiger partial charge in [-0.05, 0) is 18.9 Å². The molecule has 2 heterocycles. The topological polar surface area (TPSA) is 47.8 Å². The van der Waals surface area contributed by atoms with Crippen molar-refractivity contribution in [2.75, 3.05) is 20.3 Å². The summed E-state index contributed by atoms with van der Waals surface area (Å²) in [6, 6.07) is 4.88. The number of carbonyl (C=O) groups is 1. The quantitative estimate of drug-likeness (QED) is 0.613. The Labute approximate surface area is 123 Å². The van der Waals surface area contributed by atoms with Crippen LogP contribution in [0.1, 0.15) is 35.2 Å². The first kappa shape index (κ1) is 13.0. The van der Waals surface area contributed by atoms with Crippen molar-refractivity contribution in [3.8, 4) is 11.5 Å². The van der Waals surface area contributed by atoms with Crippen LogP contribution in [0.25, 0.3) is 0 Å². The molecule has 1 saturated heterocycles. The third kappa shape index (κ3) is 2.25. The van der Waals surface area contributed by atoms with Gasteiger partial charge in [-0.15, -0.1) is 0 Å². The highest BCUT2D eigenvalue weighted by Crippen LogP contribution is 2.36. The van der Waals surface area contributed by atoms with Crippen molar-refractivity contribution in [3.63, 3.8) is 0 Å². The number of cyclic esters (lactones) is 1. The monoisotopic (exact) mass is 289 g/mol. The maximum atomic E-state index is 11.8. The van der Waals surface area contributed by atoms with Gasteiger partial charge in [0, 0.05) is 24.2 Å². The number of nitrogens with zero attached hydrogens (tertiary/aromatic N) is 1. The Morgan fingerprint density at radius 2 is 2.24 bits per heavy atom. The van der Waals surface area contributed by atoms with Gasteiger partial charge in [-0.1, -0.05) is 6.42 Å². The first-order chi connectivity index (χ1) is 10.3. The van der Waals surface area contributed by atoms with E-state index < -0.39 is 0 Å². The summed E-state index contributed by atoms with van der Waals surface area (Å²) >= 11 is 0. The second-order valence-electron chi connectivity index (χ2n) is 5.98. The lowest BCUT2D eigenvalue weighted by Crippen LogP contribution is -2.29. The molecule has 5 heteroatoms. The van der Waals surface area contributed by atoms with Gasteiger partial charge in [0.25, 0.3) is 0 Å². The van der Waals surface area contributed by atoms with Crippen molar-refractivity contribution in [1.82, 2.24) is 4.90 Å². The zero-order valence-electron chi connectivity index (χ0n) is 12.1. The number of hydrogen-bond donors (Lipinski definition) is 0. The van der Waals surface area contributed by atoms with Crippen molar-refractivity contribution in [3.05, 3.63) is 23.3 Å². The van der Waals surface area contributed by atoms with Gasteiger partial charge in [0.05, 0.1) is 13.2 Å². The summed E-state index contributed by atoms with van der Waals surface area (Å²) in [6.45, 7) is 2.05. The lowest BCUT2D eigenvalue weighted by atomic mass is 9.93. The standard InChI is InChI=1S/C16H19NO4/c1-19-13-5-10-8-21-16(18)15(10)14(6-13)20-9-12-7-17(12)11-3-2-4-11/h5-6,11-12H,2-4,7-9H2,1H3. The number of esters is 1. The smallest absolute Gasteiger partial charge is 0.342 e. The molecule has 1 aromatic carbocycles. The second kappa shape index (κ2) is 4.91. The molecular weight excluding hydrogens is 270 g/mol. The van der Waals surface area contributed by atoms with Gasteiger partial charge in [-0.3, -0.25) is 4.90 Å². The first-order valence-electron chi connectivity index (χ1n) is 7.53. The van der Waals surface area contributed by atoms with E-state index in [9.17, 15) is 4.79 Å². The summed E-state index contributed by atoms with van der Waals surface area (Å²) in [6.07, 6.45) is 3.98. The molecule has 1 aliphatic carbocycles. The Hall–Kier alpha value is -1.75. The molecule has 112 valence electrons. The summed E-state index contributed by atoms with van der Waals surface area (Å²) in [5.74, 6) is 0.996. The Bertz CT molecular complexity index is 582. The van der Waals surface area contributed by atoms with Crippen molar-refractivity contribution in [2.24, 2.45) is 0 Å². The molecule has 0 spiro atoms. The van der Waals surface area contributed by atoms with E-state index in [-0.39, 0.29) is 5.97 Å². The summed E-state index contributed by atoms with van der Waals surface area (Å²) in [4.78, 5) is 14.3. The van der Waals surface area contributed by atoms with Crippen LogP contribution in [0.3, 0.4) is 0 Å². The van der Waals surface area contributed by atoms with Gasteiger partial charge < -0.3 is 14.2 Å². The Kier molecular flexibility index (Phi) is 3.03. The number of methoxy groups -OCH3 is 1. The van der Waals surface area contributed by atoms with Crippen LogP contribution in [0.4, 0.5) is 0 Å². The minimum absolute atomic E-state index is 0.297. The third-order valence-corrected chi connectivity index (χ3v) is 4.69. The van der Waals surface area contributed by atoms with Crippen LogP contribution in [0, 0.1) is 0 Å². The van der Waals surface area contributed by atoms with Crippen molar-refractivity contribution in [1.29, 1.82) is 0 Å². The minimum atomic E-state index is -0.297. The molecule has 2 atom stereocenters. The molecule has 3 aliphatic rings. The van der Waals surface area contributed by atoms with E-state index in [1.165, 1.54) is 19.3 Å². The molecule has 0 amide bonds. The van der Waals surface area contributed by atoms with E-state index >= 15 is 0 Å². The van der Waals surface area contributed by atoms with E-state index in [0.717, 1.165) is 18.2 Å². The van der Waals surface area contributed by atoms with Gasteiger partial charge in [-0.2, -0.15) is 0 Å². The van der Waals surface area contributed by atoms with E-state index in [1.54, 1.807) is 13.2 Å². The predicted octanol–water partition coefficient (Wildman–Crippen LogP) is 1.98. The van der Waals surface area contributed by atoms with E-state index in [2.05, 4.69) is 4.90 Å². The molecule has 4 rings (SSSR count). The molecule has 1 saturated carbocycles. The SMILES string of the molecule is COc1cc2c(c(OCC3CN3C3CCC3)c1)C(=O)OC2. The van der Waals surface area contributed by atoms with Crippen LogP contribution in [0.5, 0.6) is 11.5 Å². The highest BCUT2D eigenvalue weighted by Gasteiger charge is 2.42. The second-order valence-corrected chi connectivity index (χ2v) is 5.98. The fraction of sp³-hybridized carbons (Fsp3) is 0.562. The van der Waals surface area contributed by atoms with Crippen LogP contribution in [-0.2, 0) is 11.3 Å². The lowest BCUT2D eigenvalue weighted by molar-refractivity contribution is 0.0532. The van der Waals surface area contributed by atoms with Crippen LogP contribution in [-0.4, -0.2) is 43.2 Å². The summed E-state index contributed by atoms with van der Waals surface area (Å²) in [5, 5.41) is 0. The molecule has 2 fully saturated rings. The molecule has 0 radical (unpaired) electrons. The van der Waals surface area contributed by atoms with Crippen LogP contribution in [0.2, 0.25) is 0 Å². The van der Waals surface area contributed by atoms with E-state index in [4.69, 9.17) is 14.2 Å². The van der Waals surface area contributed by atoms with E-state index in [1.807, 2.05) is 6.07 Å². The van der Waals surface area contributed by atoms with Gasteiger partial charge in [0.2, 0.25) is 0 Å². The van der Waals surface area contributed by atoms with Crippen molar-refractivity contribution < 1.29 is 19.0 Å². The molecule has 0 N–H and O–H groups in total. The Morgan fingerprint density at radius 1 is 1.38 bits per heavy atom. The molecule has 2 unspecified atom stereocenters. The maximum absolute atomic E-state index is 11.8. The van der Waals surface area contributed by atoms with Crippen molar-refractivity contribution >= 4 is 5.97 Å². The van der Waals surface area contributed by atoms with Gasteiger partial charge in [0.15, 0.2) is 0 Å². The first-order valence-corrected chi connectivity index (χ1v) is 7.53. The van der Waals surface area contributed by atoms with Crippen LogP contribution in [0.15, 0.2) is 12.1 Å². The summed E-state index contributed by atoms with van der Waals surface area (Å²) < 4.78 is 16.3. The number of fused-ring (bicyclic) bond motifs is 1. The molecule has 0 bridgehead atoms. The normalized spacial score (nSPS) is 26.8. The lowest BCUT2D eigenvalue weighted by Gasteiger charge is -2.27. The fourth-order valence-electron chi connectivity index (χ4n) is 3.13. The summed E-state index contributed by atoms with van der Waals surface area (Å²) in [5.41, 5.74) is 1.41. The average molecular weight is 289 g/mol. The average Bonchev–Trinajstić information content (AvgIpc) is 3.08. The molecule has 0 aromatic heterocycles. The number of rotatable bonds is 5. The van der Waals surface area contributed by atoms with Crippen LogP contribution >= 0.6 is 0 Å². The molecular formula is C16H19NO4. The fourth-order valence-corrected chi connectivity index (χ4v) is 3.13. The number of benzene rings is 1. The minimum Gasteiger partial charge on any atom is -0.497 e. The molecule has 2 aliphatic heterocycles.